The Morgan fingerprint density at radius 3 is 2.86 bits per heavy atom. The van der Waals surface area contributed by atoms with Crippen molar-refractivity contribution >= 4 is 11.8 Å². The molecule has 21 heavy (non-hydrogen) atoms. The fraction of sp³-hybridized carbons (Fsp3) is 0.333. The number of urea groups is 1. The number of rotatable bonds is 5. The third-order valence-corrected chi connectivity index (χ3v) is 2.86. The van der Waals surface area contributed by atoms with Gasteiger partial charge in [0.1, 0.15) is 17.6 Å². The number of carbonyl (C=O) groups excluding carboxylic acids is 1. The summed E-state index contributed by atoms with van der Waals surface area (Å²) >= 11 is 0. The maximum Gasteiger partial charge on any atom is 0.321 e. The quantitative estimate of drug-likeness (QED) is 0.887. The van der Waals surface area contributed by atoms with Crippen LogP contribution in [0.2, 0.25) is 0 Å². The van der Waals surface area contributed by atoms with E-state index in [9.17, 15) is 4.79 Å². The molecule has 0 radical (unpaired) electrons. The van der Waals surface area contributed by atoms with Crippen LogP contribution in [-0.2, 0) is 4.74 Å². The van der Waals surface area contributed by atoms with Gasteiger partial charge in [0.25, 0.3) is 0 Å². The number of ether oxygens (including phenoxy) is 1. The molecule has 2 rings (SSSR count). The van der Waals surface area contributed by atoms with Gasteiger partial charge in [-0.15, -0.1) is 0 Å². The number of amides is 2. The van der Waals surface area contributed by atoms with Crippen LogP contribution in [0.1, 0.15) is 23.1 Å². The topological polar surface area (TPSA) is 76.4 Å². The van der Waals surface area contributed by atoms with E-state index < -0.39 is 0 Å². The number of carbonyl (C=O) groups is 1. The molecule has 0 aliphatic rings. The lowest BCUT2D eigenvalue weighted by Gasteiger charge is -2.16. The molecule has 0 saturated carbocycles. The van der Waals surface area contributed by atoms with Crippen LogP contribution >= 0.6 is 0 Å². The van der Waals surface area contributed by atoms with Gasteiger partial charge in [0.05, 0.1) is 12.9 Å². The molecular weight excluding hydrogens is 270 g/mol. The lowest BCUT2D eigenvalue weighted by Crippen LogP contribution is -2.34. The Bertz CT molecular complexity index is 576. The maximum absolute atomic E-state index is 12.1. The Morgan fingerprint density at radius 1 is 1.43 bits per heavy atom. The first kappa shape index (κ1) is 15.1. The fourth-order valence-electron chi connectivity index (χ4n) is 2.07. The number of anilines is 1. The van der Waals surface area contributed by atoms with Crippen molar-refractivity contribution in [1.29, 1.82) is 0 Å². The van der Waals surface area contributed by atoms with E-state index in [1.54, 1.807) is 25.5 Å². The molecule has 0 aromatic carbocycles. The molecule has 1 atom stereocenters. The summed E-state index contributed by atoms with van der Waals surface area (Å²) in [4.78, 5) is 16.3. The smallest absolute Gasteiger partial charge is 0.321 e. The lowest BCUT2D eigenvalue weighted by atomic mass is 10.2. The molecule has 0 aliphatic carbocycles. The van der Waals surface area contributed by atoms with Gasteiger partial charge in [-0.05, 0) is 43.7 Å². The van der Waals surface area contributed by atoms with E-state index >= 15 is 0 Å². The molecule has 2 aromatic rings. The average molecular weight is 289 g/mol. The number of aryl methyl sites for hydroxylation is 2. The molecule has 0 fully saturated rings. The molecule has 6 heteroatoms. The van der Waals surface area contributed by atoms with E-state index in [2.05, 4.69) is 15.6 Å². The van der Waals surface area contributed by atoms with Gasteiger partial charge in [0.2, 0.25) is 0 Å². The third kappa shape index (κ3) is 4.32. The first-order chi connectivity index (χ1) is 10.1. The van der Waals surface area contributed by atoms with Crippen LogP contribution in [0, 0.1) is 13.8 Å². The lowest BCUT2D eigenvalue weighted by molar-refractivity contribution is 0.159. The highest BCUT2D eigenvalue weighted by molar-refractivity contribution is 5.88. The molecule has 2 amide bonds. The predicted octanol–water partition coefficient (Wildman–Crippen LogP) is 2.80. The zero-order valence-corrected chi connectivity index (χ0v) is 12.3. The summed E-state index contributed by atoms with van der Waals surface area (Å²) in [6, 6.07) is 6.61. The summed E-state index contributed by atoms with van der Waals surface area (Å²) in [5.74, 6) is 1.15. The van der Waals surface area contributed by atoms with Gasteiger partial charge >= 0.3 is 6.03 Å². The van der Waals surface area contributed by atoms with Gasteiger partial charge in [-0.3, -0.25) is 5.32 Å². The van der Waals surface area contributed by atoms with Gasteiger partial charge in [-0.1, -0.05) is 0 Å². The van der Waals surface area contributed by atoms with Crippen molar-refractivity contribution in [3.8, 4) is 0 Å². The molecule has 112 valence electrons. The summed E-state index contributed by atoms with van der Waals surface area (Å²) < 4.78 is 10.4. The van der Waals surface area contributed by atoms with E-state index in [0.29, 0.717) is 18.2 Å². The monoisotopic (exact) mass is 289 g/mol. The van der Waals surface area contributed by atoms with Crippen molar-refractivity contribution < 1.29 is 13.9 Å². The molecule has 0 spiro atoms. The first-order valence-corrected chi connectivity index (χ1v) is 6.63. The fourth-order valence-corrected chi connectivity index (χ4v) is 2.07. The number of nitrogens with one attached hydrogen (secondary N) is 2. The predicted molar refractivity (Wildman–Crippen MR) is 79.2 cm³/mol. The van der Waals surface area contributed by atoms with Crippen molar-refractivity contribution in [2.45, 2.75) is 19.9 Å². The minimum atomic E-state index is -0.356. The van der Waals surface area contributed by atoms with Gasteiger partial charge in [0, 0.05) is 12.8 Å². The Morgan fingerprint density at radius 2 is 2.24 bits per heavy atom. The number of nitrogens with zero attached hydrogens (tertiary/aromatic N) is 1. The van der Waals surface area contributed by atoms with Crippen molar-refractivity contribution in [3.05, 3.63) is 47.5 Å². The van der Waals surface area contributed by atoms with Crippen molar-refractivity contribution in [3.63, 3.8) is 0 Å². The molecule has 0 aliphatic heterocycles. The minimum Gasteiger partial charge on any atom is -0.467 e. The highest BCUT2D eigenvalue weighted by atomic mass is 16.5. The highest BCUT2D eigenvalue weighted by Crippen LogP contribution is 2.14. The van der Waals surface area contributed by atoms with E-state index in [1.807, 2.05) is 26.0 Å². The van der Waals surface area contributed by atoms with Gasteiger partial charge in [-0.2, -0.15) is 0 Å². The molecule has 6 nitrogen and oxygen atoms in total. The van der Waals surface area contributed by atoms with Gasteiger partial charge in [-0.25, -0.2) is 9.78 Å². The molecule has 2 aromatic heterocycles. The van der Waals surface area contributed by atoms with Crippen molar-refractivity contribution in [2.75, 3.05) is 19.0 Å². The average Bonchev–Trinajstić information content (AvgIpc) is 2.90. The van der Waals surface area contributed by atoms with E-state index in [0.717, 1.165) is 11.3 Å². The van der Waals surface area contributed by atoms with Gasteiger partial charge in [0.15, 0.2) is 0 Å². The number of hydrogen-bond donors (Lipinski definition) is 2. The molecule has 0 bridgehead atoms. The van der Waals surface area contributed by atoms with E-state index in [-0.39, 0.29) is 12.1 Å². The standard InChI is InChI=1S/C15H19N3O3/c1-10-7-11(2)16-14(8-10)18-15(19)17-12(9-20-3)13-5-4-6-21-13/h4-8,12H,9H2,1-3H3,(H2,16,17,18,19)/t12-/m0/s1. The van der Waals surface area contributed by atoms with E-state index in [1.165, 1.54) is 0 Å². The largest absolute Gasteiger partial charge is 0.467 e. The second kappa shape index (κ2) is 6.90. The van der Waals surface area contributed by atoms with Crippen molar-refractivity contribution in [2.24, 2.45) is 0 Å². The van der Waals surface area contributed by atoms with Crippen LogP contribution in [0.15, 0.2) is 34.9 Å². The zero-order chi connectivity index (χ0) is 15.2. The molecule has 0 unspecified atom stereocenters. The minimum absolute atomic E-state index is 0.321. The second-order valence-corrected chi connectivity index (χ2v) is 4.79. The van der Waals surface area contributed by atoms with Crippen LogP contribution in [0.25, 0.3) is 0 Å². The molecule has 0 saturated heterocycles. The van der Waals surface area contributed by atoms with Crippen LogP contribution in [0.4, 0.5) is 10.6 Å². The Labute approximate surface area is 123 Å². The molecular formula is C15H19N3O3. The Balaban J connectivity index is 2.02. The number of aromatic nitrogens is 1. The maximum atomic E-state index is 12.1. The van der Waals surface area contributed by atoms with Crippen LogP contribution < -0.4 is 10.6 Å². The zero-order valence-electron chi connectivity index (χ0n) is 12.3. The molecule has 2 N–H and O–H groups in total. The summed E-state index contributed by atoms with van der Waals surface area (Å²) in [7, 11) is 1.57. The molecule has 2 heterocycles. The number of hydrogen-bond acceptors (Lipinski definition) is 4. The summed E-state index contributed by atoms with van der Waals surface area (Å²) in [6.45, 7) is 4.15. The summed E-state index contributed by atoms with van der Waals surface area (Å²) in [6.07, 6.45) is 1.56. The van der Waals surface area contributed by atoms with Crippen molar-refractivity contribution in [1.82, 2.24) is 10.3 Å². The normalized spacial score (nSPS) is 12.0. The second-order valence-electron chi connectivity index (χ2n) is 4.79. The summed E-state index contributed by atoms with van der Waals surface area (Å²) in [5, 5.41) is 5.51. The van der Waals surface area contributed by atoms with E-state index in [4.69, 9.17) is 9.15 Å². The van der Waals surface area contributed by atoms with Gasteiger partial charge < -0.3 is 14.5 Å². The summed E-state index contributed by atoms with van der Waals surface area (Å²) in [5.41, 5.74) is 1.89. The number of methoxy groups -OCH3 is 1. The Kier molecular flexibility index (Phi) is 4.94. The number of pyridine rings is 1. The number of furan rings is 1. The first-order valence-electron chi connectivity index (χ1n) is 6.63. The highest BCUT2D eigenvalue weighted by Gasteiger charge is 2.17. The third-order valence-electron chi connectivity index (χ3n) is 2.86. The van der Waals surface area contributed by atoms with Crippen LogP contribution in [0.3, 0.4) is 0 Å². The SMILES string of the molecule is COC[C@H](NC(=O)Nc1cc(C)cc(C)n1)c1ccco1. The Hall–Kier alpha value is -2.34. The van der Waals surface area contributed by atoms with Crippen LogP contribution in [0.5, 0.6) is 0 Å². The van der Waals surface area contributed by atoms with Crippen LogP contribution in [-0.4, -0.2) is 24.7 Å².